The van der Waals surface area contributed by atoms with Crippen LogP contribution in [0.15, 0.2) is 5.10 Å². The fourth-order valence-corrected chi connectivity index (χ4v) is 7.01. The van der Waals surface area contributed by atoms with Gasteiger partial charge in [0.2, 0.25) is 0 Å². The Hall–Kier alpha value is -0.426. The molecule has 0 radical (unpaired) electrons. The zero-order chi connectivity index (χ0) is 12.0. The van der Waals surface area contributed by atoms with E-state index in [1.54, 1.807) is 6.92 Å². The van der Waals surface area contributed by atoms with Crippen LogP contribution in [0.1, 0.15) is 26.7 Å². The summed E-state index contributed by atoms with van der Waals surface area (Å²) in [5.74, 6) is 0.131. The van der Waals surface area contributed by atoms with E-state index in [0.29, 0.717) is 0 Å². The van der Waals surface area contributed by atoms with Gasteiger partial charge in [-0.15, -0.1) is 0 Å². The van der Waals surface area contributed by atoms with Gasteiger partial charge >= 0.3 is 0 Å². The smallest absolute Gasteiger partial charge is 0.175 e. The van der Waals surface area contributed by atoms with E-state index >= 15 is 0 Å². The molecule has 0 atom stereocenters. The molecular formula is C10H24N2OSi2. The minimum absolute atomic E-state index is 0.131. The molecule has 0 spiro atoms. The minimum atomic E-state index is -0.910. The SMILES string of the molecule is CCCC(=NN([SiH](C)C)[SiH](C)C)C(C)=O. The molecule has 0 heterocycles. The quantitative estimate of drug-likeness (QED) is 0.407. The lowest BCUT2D eigenvalue weighted by Gasteiger charge is -2.27. The lowest BCUT2D eigenvalue weighted by Crippen LogP contribution is -2.40. The number of carbonyl (C=O) groups is 1. The Kier molecular flexibility index (Phi) is 6.75. The molecule has 0 rings (SSSR count). The molecule has 0 aromatic carbocycles. The first-order valence-corrected chi connectivity index (χ1v) is 11.4. The van der Waals surface area contributed by atoms with Crippen molar-refractivity contribution in [2.24, 2.45) is 5.10 Å². The average Bonchev–Trinajstić information content (AvgIpc) is 2.10. The van der Waals surface area contributed by atoms with E-state index in [9.17, 15) is 4.79 Å². The van der Waals surface area contributed by atoms with Gasteiger partial charge in [-0.2, -0.15) is 5.10 Å². The van der Waals surface area contributed by atoms with E-state index in [1.165, 1.54) is 0 Å². The molecule has 0 fully saturated rings. The molecule has 88 valence electrons. The van der Waals surface area contributed by atoms with Gasteiger partial charge in [0.25, 0.3) is 0 Å². The van der Waals surface area contributed by atoms with Crippen molar-refractivity contribution in [2.75, 3.05) is 0 Å². The number of hydrogen-bond acceptors (Lipinski definition) is 3. The van der Waals surface area contributed by atoms with Crippen molar-refractivity contribution < 1.29 is 4.79 Å². The van der Waals surface area contributed by atoms with Crippen LogP contribution in [0.5, 0.6) is 0 Å². The zero-order valence-electron chi connectivity index (χ0n) is 10.9. The van der Waals surface area contributed by atoms with Crippen molar-refractivity contribution in [3.63, 3.8) is 0 Å². The van der Waals surface area contributed by atoms with Crippen LogP contribution >= 0.6 is 0 Å². The molecule has 0 saturated carbocycles. The lowest BCUT2D eigenvalue weighted by molar-refractivity contribution is -0.111. The van der Waals surface area contributed by atoms with Crippen LogP contribution < -0.4 is 0 Å². The second-order valence-corrected chi connectivity index (χ2v) is 10.4. The van der Waals surface area contributed by atoms with Crippen LogP contribution in [-0.2, 0) is 4.79 Å². The lowest BCUT2D eigenvalue weighted by atomic mass is 10.2. The molecule has 0 aromatic rings. The maximum atomic E-state index is 11.4. The van der Waals surface area contributed by atoms with Crippen LogP contribution in [0.4, 0.5) is 0 Å². The van der Waals surface area contributed by atoms with Crippen LogP contribution in [0.2, 0.25) is 26.2 Å². The molecule has 15 heavy (non-hydrogen) atoms. The van der Waals surface area contributed by atoms with Gasteiger partial charge in [0.05, 0.1) is 0 Å². The van der Waals surface area contributed by atoms with Crippen LogP contribution in [0, 0.1) is 0 Å². The van der Waals surface area contributed by atoms with E-state index in [4.69, 9.17) is 0 Å². The third-order valence-corrected chi connectivity index (χ3v) is 8.11. The Morgan fingerprint density at radius 1 is 1.20 bits per heavy atom. The van der Waals surface area contributed by atoms with Crippen molar-refractivity contribution >= 4 is 29.4 Å². The number of hydrogen-bond donors (Lipinski definition) is 0. The fraction of sp³-hybridized carbons (Fsp3) is 0.800. The predicted molar refractivity (Wildman–Crippen MR) is 72.6 cm³/mol. The third kappa shape index (κ3) is 5.27. The molecule has 0 aliphatic rings. The molecule has 0 amide bonds. The second kappa shape index (κ2) is 6.95. The molecule has 0 aliphatic carbocycles. The summed E-state index contributed by atoms with van der Waals surface area (Å²) in [6.45, 7) is 12.8. The molecule has 0 aromatic heterocycles. The first-order valence-electron chi connectivity index (χ1n) is 5.76. The highest BCUT2D eigenvalue weighted by molar-refractivity contribution is 6.70. The normalized spacial score (nSPS) is 12.4. The van der Waals surface area contributed by atoms with Gasteiger partial charge in [0, 0.05) is 6.92 Å². The van der Waals surface area contributed by atoms with Crippen molar-refractivity contribution in [1.82, 2.24) is 4.34 Å². The largest absolute Gasteiger partial charge is 0.355 e. The first-order chi connectivity index (χ1) is 6.90. The summed E-state index contributed by atoms with van der Waals surface area (Å²) in [7, 11) is -1.82. The van der Waals surface area contributed by atoms with E-state index in [2.05, 4.69) is 42.6 Å². The molecule has 5 heteroatoms. The first kappa shape index (κ1) is 14.6. The van der Waals surface area contributed by atoms with Gasteiger partial charge in [-0.05, 0) is 6.42 Å². The third-order valence-electron chi connectivity index (χ3n) is 2.19. The molecule has 0 aliphatic heterocycles. The van der Waals surface area contributed by atoms with Gasteiger partial charge in [-0.25, -0.2) is 0 Å². The molecule has 0 bridgehead atoms. The minimum Gasteiger partial charge on any atom is -0.355 e. The summed E-state index contributed by atoms with van der Waals surface area (Å²) in [5.41, 5.74) is 0.764. The standard InChI is InChI=1S/C10H24N2OSi2/c1-7-8-10(9(2)13)11-12(14(3)4)15(5)6/h14-15H,7-8H2,1-6H3. The Morgan fingerprint density at radius 3 is 1.93 bits per heavy atom. The number of hydrazone groups is 1. The Bertz CT molecular complexity index is 232. The molecule has 0 saturated heterocycles. The predicted octanol–water partition coefficient (Wildman–Crippen LogP) is 2.00. The molecular weight excluding hydrogens is 220 g/mol. The Morgan fingerprint density at radius 2 is 1.67 bits per heavy atom. The van der Waals surface area contributed by atoms with Gasteiger partial charge in [0.15, 0.2) is 5.78 Å². The van der Waals surface area contributed by atoms with E-state index < -0.39 is 17.9 Å². The summed E-state index contributed by atoms with van der Waals surface area (Å²) in [6, 6.07) is 0. The average molecular weight is 244 g/mol. The summed E-state index contributed by atoms with van der Waals surface area (Å²) in [6.07, 6.45) is 1.81. The van der Waals surface area contributed by atoms with Crippen molar-refractivity contribution in [1.29, 1.82) is 0 Å². The maximum Gasteiger partial charge on any atom is 0.175 e. The van der Waals surface area contributed by atoms with Gasteiger partial charge < -0.3 is 4.34 Å². The van der Waals surface area contributed by atoms with Gasteiger partial charge in [-0.1, -0.05) is 39.5 Å². The monoisotopic (exact) mass is 244 g/mol. The van der Waals surface area contributed by atoms with E-state index in [-0.39, 0.29) is 5.78 Å². The molecule has 0 unspecified atom stereocenters. The Labute approximate surface area is 96.9 Å². The second-order valence-electron chi connectivity index (χ2n) is 4.42. The highest BCUT2D eigenvalue weighted by atomic mass is 28.3. The number of nitrogens with zero attached hydrogens (tertiary/aromatic N) is 2. The summed E-state index contributed by atoms with van der Waals surface area (Å²) >= 11 is 0. The number of carbonyl (C=O) groups excluding carboxylic acids is 1. The highest BCUT2D eigenvalue weighted by Crippen LogP contribution is 2.04. The number of Topliss-reactive ketones (excluding diaryl/α,β-unsaturated/α-hetero) is 1. The summed E-state index contributed by atoms with van der Waals surface area (Å²) in [4.78, 5) is 11.4. The van der Waals surface area contributed by atoms with Crippen molar-refractivity contribution in [2.45, 2.75) is 52.9 Å². The summed E-state index contributed by atoms with van der Waals surface area (Å²) in [5, 5.41) is 4.59. The van der Waals surface area contributed by atoms with Gasteiger partial charge in [-0.3, -0.25) is 4.79 Å². The molecule has 0 N–H and O–H groups in total. The maximum absolute atomic E-state index is 11.4. The van der Waals surface area contributed by atoms with Crippen molar-refractivity contribution in [3.8, 4) is 0 Å². The van der Waals surface area contributed by atoms with Crippen LogP contribution in [0.3, 0.4) is 0 Å². The topological polar surface area (TPSA) is 32.7 Å². The van der Waals surface area contributed by atoms with Crippen LogP contribution in [-0.4, -0.2) is 33.8 Å². The number of rotatable bonds is 6. The zero-order valence-corrected chi connectivity index (χ0v) is 13.2. The molecule has 3 nitrogen and oxygen atoms in total. The Balaban J connectivity index is 4.81. The van der Waals surface area contributed by atoms with Crippen LogP contribution in [0.25, 0.3) is 0 Å². The van der Waals surface area contributed by atoms with E-state index in [0.717, 1.165) is 18.6 Å². The van der Waals surface area contributed by atoms with E-state index in [1.807, 2.05) is 0 Å². The van der Waals surface area contributed by atoms with Gasteiger partial charge in [0.1, 0.15) is 23.6 Å². The highest BCUT2D eigenvalue weighted by Gasteiger charge is 2.15. The summed E-state index contributed by atoms with van der Waals surface area (Å²) < 4.78 is 2.27. The van der Waals surface area contributed by atoms with Crippen molar-refractivity contribution in [3.05, 3.63) is 0 Å². The fourth-order valence-electron chi connectivity index (χ4n) is 1.50. The number of ketones is 1.